The lowest BCUT2D eigenvalue weighted by Crippen LogP contribution is -2.38. The van der Waals surface area contributed by atoms with Crippen molar-refractivity contribution in [3.8, 4) is 5.75 Å². The third-order valence-electron chi connectivity index (χ3n) is 4.06. The van der Waals surface area contributed by atoms with Gasteiger partial charge >= 0.3 is 0 Å². The Morgan fingerprint density at radius 3 is 2.41 bits per heavy atom. The van der Waals surface area contributed by atoms with Gasteiger partial charge in [0, 0.05) is 24.4 Å². The minimum Gasteiger partial charge on any atom is -0.482 e. The zero-order valence-electron chi connectivity index (χ0n) is 14.9. The summed E-state index contributed by atoms with van der Waals surface area (Å²) in [6.07, 6.45) is 1.54. The number of nitrogens with one attached hydrogen (secondary N) is 1. The summed E-state index contributed by atoms with van der Waals surface area (Å²) < 4.78 is 5.35. The number of amides is 2. The van der Waals surface area contributed by atoms with E-state index in [0.29, 0.717) is 11.4 Å². The number of hydrogen-bond donors (Lipinski definition) is 1. The van der Waals surface area contributed by atoms with Gasteiger partial charge in [-0.2, -0.15) is 0 Å². The van der Waals surface area contributed by atoms with E-state index < -0.39 is 27.1 Å². The molecule has 1 N–H and O–H groups in total. The van der Waals surface area contributed by atoms with E-state index in [1.165, 1.54) is 17.0 Å². The molecular weight excluding hydrogens is 384 g/mol. The van der Waals surface area contributed by atoms with Crippen molar-refractivity contribution < 1.29 is 24.2 Å². The second-order valence-electron chi connectivity index (χ2n) is 5.97. The van der Waals surface area contributed by atoms with Crippen molar-refractivity contribution in [1.29, 1.82) is 0 Å². The Balaban J connectivity index is 1.92. The van der Waals surface area contributed by atoms with Crippen molar-refractivity contribution in [3.05, 3.63) is 74.8 Å². The number of anilines is 2. The van der Waals surface area contributed by atoms with Crippen LogP contribution in [0.15, 0.2) is 49.1 Å². The van der Waals surface area contributed by atoms with Crippen LogP contribution in [0.25, 0.3) is 0 Å². The molecular formula is C18H14N4O7. The van der Waals surface area contributed by atoms with Crippen molar-refractivity contribution in [1.82, 2.24) is 0 Å². The molecule has 0 saturated carbocycles. The average Bonchev–Trinajstić information content (AvgIpc) is 2.69. The first kappa shape index (κ1) is 19.5. The number of benzene rings is 2. The summed E-state index contributed by atoms with van der Waals surface area (Å²) in [7, 11) is 0. The van der Waals surface area contributed by atoms with Gasteiger partial charge in [-0.25, -0.2) is 0 Å². The van der Waals surface area contributed by atoms with E-state index in [0.717, 1.165) is 18.2 Å². The third kappa shape index (κ3) is 4.03. The largest absolute Gasteiger partial charge is 0.482 e. The zero-order valence-corrected chi connectivity index (χ0v) is 14.9. The number of ether oxygens (including phenoxy) is 1. The van der Waals surface area contributed by atoms with E-state index in [1.807, 2.05) is 0 Å². The van der Waals surface area contributed by atoms with Crippen molar-refractivity contribution in [2.75, 3.05) is 23.4 Å². The standard InChI is InChI=1S/C18H14N4O7/c1-2-5-20-15-8-12(3-4-16(15)29-10-17(20)23)19-18(24)11-6-13(21(25)26)9-14(7-11)22(27)28/h2-4,6-9H,1,5,10H2,(H,19,24). The molecule has 0 aromatic heterocycles. The molecule has 0 spiro atoms. The molecule has 11 nitrogen and oxygen atoms in total. The molecule has 1 aliphatic rings. The monoisotopic (exact) mass is 398 g/mol. The van der Waals surface area contributed by atoms with E-state index in [4.69, 9.17) is 4.74 Å². The third-order valence-corrected chi connectivity index (χ3v) is 4.06. The van der Waals surface area contributed by atoms with Crippen molar-refractivity contribution in [2.45, 2.75) is 0 Å². The predicted octanol–water partition coefficient (Wildman–Crippen LogP) is 2.67. The Labute approximate surface area is 163 Å². The summed E-state index contributed by atoms with van der Waals surface area (Å²) in [5.41, 5.74) is -0.713. The molecule has 0 unspecified atom stereocenters. The van der Waals surface area contributed by atoms with Crippen molar-refractivity contribution in [2.24, 2.45) is 0 Å². The van der Waals surface area contributed by atoms with Gasteiger partial charge in [0.1, 0.15) is 5.75 Å². The Morgan fingerprint density at radius 2 is 1.83 bits per heavy atom. The van der Waals surface area contributed by atoms with Gasteiger partial charge in [0.15, 0.2) is 6.61 Å². The first-order valence-corrected chi connectivity index (χ1v) is 8.23. The molecule has 2 aromatic carbocycles. The maximum Gasteiger partial charge on any atom is 0.277 e. The zero-order chi connectivity index (χ0) is 21.1. The summed E-state index contributed by atoms with van der Waals surface area (Å²) in [6.45, 7) is 3.72. The highest BCUT2D eigenvalue weighted by molar-refractivity contribution is 6.06. The van der Waals surface area contributed by atoms with Gasteiger partial charge in [0.2, 0.25) is 0 Å². The van der Waals surface area contributed by atoms with Crippen molar-refractivity contribution >= 4 is 34.6 Å². The van der Waals surface area contributed by atoms with E-state index >= 15 is 0 Å². The molecule has 0 aliphatic carbocycles. The molecule has 2 amide bonds. The van der Waals surface area contributed by atoms with Gasteiger partial charge < -0.3 is 15.0 Å². The van der Waals surface area contributed by atoms with Crippen LogP contribution in [0.5, 0.6) is 5.75 Å². The van der Waals surface area contributed by atoms with Crippen LogP contribution < -0.4 is 15.0 Å². The number of rotatable bonds is 6. The molecule has 1 heterocycles. The van der Waals surface area contributed by atoms with Crippen LogP contribution in [0.1, 0.15) is 10.4 Å². The summed E-state index contributed by atoms with van der Waals surface area (Å²) >= 11 is 0. The molecule has 0 bridgehead atoms. The highest BCUT2D eigenvalue weighted by Crippen LogP contribution is 2.34. The topological polar surface area (TPSA) is 145 Å². The van der Waals surface area contributed by atoms with E-state index in [9.17, 15) is 29.8 Å². The smallest absolute Gasteiger partial charge is 0.277 e. The number of carbonyl (C=O) groups excluding carboxylic acids is 2. The highest BCUT2D eigenvalue weighted by atomic mass is 16.6. The number of nitro groups is 2. The van der Waals surface area contributed by atoms with Gasteiger partial charge in [-0.1, -0.05) is 6.08 Å². The number of carbonyl (C=O) groups is 2. The van der Waals surface area contributed by atoms with E-state index in [-0.39, 0.29) is 30.3 Å². The Hall–Kier alpha value is -4.28. The first-order valence-electron chi connectivity index (χ1n) is 8.23. The van der Waals surface area contributed by atoms with Crippen LogP contribution in [-0.4, -0.2) is 34.8 Å². The summed E-state index contributed by atoms with van der Waals surface area (Å²) in [5, 5.41) is 24.5. The minimum absolute atomic E-state index is 0.121. The lowest BCUT2D eigenvalue weighted by molar-refractivity contribution is -0.394. The molecule has 3 rings (SSSR count). The lowest BCUT2D eigenvalue weighted by Gasteiger charge is -2.28. The van der Waals surface area contributed by atoms with Crippen LogP contribution >= 0.6 is 0 Å². The second kappa shape index (κ2) is 7.76. The van der Waals surface area contributed by atoms with Crippen LogP contribution in [0.4, 0.5) is 22.7 Å². The van der Waals surface area contributed by atoms with Crippen LogP contribution in [0, 0.1) is 20.2 Å². The molecule has 11 heteroatoms. The quantitative estimate of drug-likeness (QED) is 0.447. The fourth-order valence-electron chi connectivity index (χ4n) is 2.75. The Kier molecular flexibility index (Phi) is 5.21. The van der Waals surface area contributed by atoms with Gasteiger partial charge in [0.05, 0.1) is 27.2 Å². The number of hydrogen-bond acceptors (Lipinski definition) is 7. The molecule has 0 fully saturated rings. The molecule has 29 heavy (non-hydrogen) atoms. The van der Waals surface area contributed by atoms with Gasteiger partial charge in [-0.3, -0.25) is 29.8 Å². The maximum absolute atomic E-state index is 12.5. The Morgan fingerprint density at radius 1 is 1.17 bits per heavy atom. The summed E-state index contributed by atoms with van der Waals surface area (Å²) in [4.78, 5) is 46.3. The fourth-order valence-corrected chi connectivity index (χ4v) is 2.75. The number of fused-ring (bicyclic) bond motifs is 1. The average molecular weight is 398 g/mol. The minimum atomic E-state index is -0.821. The van der Waals surface area contributed by atoms with Gasteiger partial charge in [0.25, 0.3) is 23.2 Å². The summed E-state index contributed by atoms with van der Waals surface area (Å²) in [5.74, 6) is -0.624. The van der Waals surface area contributed by atoms with Crippen molar-refractivity contribution in [3.63, 3.8) is 0 Å². The predicted molar refractivity (Wildman–Crippen MR) is 102 cm³/mol. The Bertz CT molecular complexity index is 1020. The van der Waals surface area contributed by atoms with E-state index in [2.05, 4.69) is 11.9 Å². The second-order valence-corrected chi connectivity index (χ2v) is 5.97. The molecule has 0 atom stereocenters. The lowest BCUT2D eigenvalue weighted by atomic mass is 10.1. The van der Waals surface area contributed by atoms with Gasteiger partial charge in [-0.05, 0) is 18.2 Å². The maximum atomic E-state index is 12.5. The normalized spacial score (nSPS) is 12.6. The molecule has 2 aromatic rings. The fraction of sp³-hybridized carbons (Fsp3) is 0.111. The molecule has 1 aliphatic heterocycles. The number of non-ortho nitro benzene ring substituents is 2. The molecule has 148 valence electrons. The molecule has 0 radical (unpaired) electrons. The first-order chi connectivity index (χ1) is 13.8. The van der Waals surface area contributed by atoms with E-state index in [1.54, 1.807) is 12.1 Å². The number of nitro benzene ring substituents is 2. The number of nitrogens with zero attached hydrogens (tertiary/aromatic N) is 3. The van der Waals surface area contributed by atoms with Gasteiger partial charge in [-0.15, -0.1) is 6.58 Å². The van der Waals surface area contributed by atoms with Crippen LogP contribution in [0.2, 0.25) is 0 Å². The SMILES string of the molecule is C=CCN1C(=O)COc2ccc(NC(=O)c3cc([N+](=O)[O-])cc([N+](=O)[O-])c3)cc21. The van der Waals surface area contributed by atoms with Crippen LogP contribution in [0.3, 0.4) is 0 Å². The summed E-state index contributed by atoms with van der Waals surface area (Å²) in [6, 6.07) is 7.23. The van der Waals surface area contributed by atoms with Crippen LogP contribution in [-0.2, 0) is 4.79 Å². The molecule has 0 saturated heterocycles. The highest BCUT2D eigenvalue weighted by Gasteiger charge is 2.25.